The average molecular weight is 273 g/mol. The number of carbonyl (C=O) groups excluding carboxylic acids is 1. The predicted molar refractivity (Wildman–Crippen MR) is 75.2 cm³/mol. The van der Waals surface area contributed by atoms with Crippen LogP contribution in [-0.4, -0.2) is 53.2 Å². The van der Waals surface area contributed by atoms with Gasteiger partial charge < -0.3 is 15.7 Å². The van der Waals surface area contributed by atoms with Crippen molar-refractivity contribution < 1.29 is 14.7 Å². The molecule has 0 saturated heterocycles. The molecule has 1 atom stereocenters. The molecule has 0 rings (SSSR count). The zero-order chi connectivity index (χ0) is 15.0. The zero-order valence-electron chi connectivity index (χ0n) is 12.6. The summed E-state index contributed by atoms with van der Waals surface area (Å²) in [4.78, 5) is 24.3. The van der Waals surface area contributed by atoms with Gasteiger partial charge in [0.25, 0.3) is 0 Å². The van der Waals surface area contributed by atoms with Gasteiger partial charge in [0, 0.05) is 31.2 Å². The maximum absolute atomic E-state index is 11.5. The molecule has 1 unspecified atom stereocenters. The molecule has 0 radical (unpaired) electrons. The molecule has 0 aliphatic carbocycles. The van der Waals surface area contributed by atoms with Crippen molar-refractivity contribution in [1.82, 2.24) is 15.5 Å². The molecule has 0 bridgehead atoms. The fraction of sp³-hybridized carbons (Fsp3) is 0.846. The van der Waals surface area contributed by atoms with Crippen molar-refractivity contribution in [3.05, 3.63) is 0 Å². The molecule has 3 N–H and O–H groups in total. The summed E-state index contributed by atoms with van der Waals surface area (Å²) in [7, 11) is 0. The molecule has 0 spiro atoms. The molecule has 0 saturated carbocycles. The summed E-state index contributed by atoms with van der Waals surface area (Å²) in [6.07, 6.45) is -0.0719. The van der Waals surface area contributed by atoms with Crippen LogP contribution in [0.4, 0.5) is 4.79 Å². The van der Waals surface area contributed by atoms with Crippen molar-refractivity contribution in [2.24, 2.45) is 0 Å². The van der Waals surface area contributed by atoms with E-state index in [9.17, 15) is 9.59 Å². The standard InChI is InChI=1S/C13H27N3O3/c1-9(2)16(10(3)4)7-6-14-13(19)15-11(5)8-12(17)18/h9-11H,6-8H2,1-5H3,(H,17,18)(H2,14,15,19). The van der Waals surface area contributed by atoms with Gasteiger partial charge in [0.05, 0.1) is 6.42 Å². The number of nitrogens with zero attached hydrogens (tertiary/aromatic N) is 1. The highest BCUT2D eigenvalue weighted by Gasteiger charge is 2.14. The molecule has 6 nitrogen and oxygen atoms in total. The van der Waals surface area contributed by atoms with E-state index < -0.39 is 5.97 Å². The lowest BCUT2D eigenvalue weighted by atomic mass is 10.2. The molecule has 0 fully saturated rings. The molecule has 6 heteroatoms. The van der Waals surface area contributed by atoms with E-state index in [-0.39, 0.29) is 18.5 Å². The van der Waals surface area contributed by atoms with Crippen molar-refractivity contribution in [3.63, 3.8) is 0 Å². The van der Waals surface area contributed by atoms with Gasteiger partial charge in [-0.25, -0.2) is 4.79 Å². The van der Waals surface area contributed by atoms with Crippen LogP contribution in [0.1, 0.15) is 41.0 Å². The van der Waals surface area contributed by atoms with E-state index in [0.29, 0.717) is 18.6 Å². The summed E-state index contributed by atoms with van der Waals surface area (Å²) in [5, 5.41) is 13.9. The highest BCUT2D eigenvalue weighted by molar-refractivity contribution is 5.75. The minimum Gasteiger partial charge on any atom is -0.481 e. The number of aliphatic carboxylic acids is 1. The molecule has 0 heterocycles. The number of rotatable bonds is 8. The van der Waals surface area contributed by atoms with Crippen LogP contribution in [0.3, 0.4) is 0 Å². The Bertz CT molecular complexity index is 285. The Hall–Kier alpha value is -1.30. The van der Waals surface area contributed by atoms with Gasteiger partial charge in [-0.3, -0.25) is 9.69 Å². The van der Waals surface area contributed by atoms with Crippen LogP contribution in [0.25, 0.3) is 0 Å². The molecule has 0 aromatic rings. The van der Waals surface area contributed by atoms with Crippen LogP contribution in [0, 0.1) is 0 Å². The zero-order valence-corrected chi connectivity index (χ0v) is 12.6. The van der Waals surface area contributed by atoms with E-state index in [4.69, 9.17) is 5.11 Å². The largest absolute Gasteiger partial charge is 0.481 e. The first-order valence-corrected chi connectivity index (χ1v) is 6.76. The molecule has 112 valence electrons. The summed E-state index contributed by atoms with van der Waals surface area (Å²) in [6.45, 7) is 11.5. The van der Waals surface area contributed by atoms with E-state index in [0.717, 1.165) is 6.54 Å². The molecule has 0 aromatic heterocycles. The maximum Gasteiger partial charge on any atom is 0.315 e. The number of hydrogen-bond acceptors (Lipinski definition) is 3. The second kappa shape index (κ2) is 8.74. The van der Waals surface area contributed by atoms with Crippen LogP contribution >= 0.6 is 0 Å². The number of carboxylic acid groups (broad SMARTS) is 1. The number of urea groups is 1. The number of carboxylic acids is 1. The lowest BCUT2D eigenvalue weighted by Gasteiger charge is -2.30. The van der Waals surface area contributed by atoms with Gasteiger partial charge in [0.15, 0.2) is 0 Å². The first kappa shape index (κ1) is 17.7. The monoisotopic (exact) mass is 273 g/mol. The number of carbonyl (C=O) groups is 2. The van der Waals surface area contributed by atoms with Gasteiger partial charge in [-0.2, -0.15) is 0 Å². The predicted octanol–water partition coefficient (Wildman–Crippen LogP) is 1.27. The Balaban J connectivity index is 3.93. The molecular formula is C13H27N3O3. The Morgan fingerprint density at radius 3 is 2.05 bits per heavy atom. The lowest BCUT2D eigenvalue weighted by Crippen LogP contribution is -2.46. The minimum atomic E-state index is -0.918. The topological polar surface area (TPSA) is 81.7 Å². The third-order valence-corrected chi connectivity index (χ3v) is 2.84. The number of hydrogen-bond donors (Lipinski definition) is 3. The average Bonchev–Trinajstić information content (AvgIpc) is 2.21. The lowest BCUT2D eigenvalue weighted by molar-refractivity contribution is -0.137. The first-order chi connectivity index (χ1) is 8.73. The van der Waals surface area contributed by atoms with Gasteiger partial charge >= 0.3 is 12.0 Å². The smallest absolute Gasteiger partial charge is 0.315 e. The highest BCUT2D eigenvalue weighted by atomic mass is 16.4. The minimum absolute atomic E-state index is 0.0719. The van der Waals surface area contributed by atoms with Crippen molar-refractivity contribution >= 4 is 12.0 Å². The number of nitrogens with one attached hydrogen (secondary N) is 2. The summed E-state index contributed by atoms with van der Waals surface area (Å²) < 4.78 is 0. The van der Waals surface area contributed by atoms with Crippen LogP contribution in [0.5, 0.6) is 0 Å². The van der Waals surface area contributed by atoms with Gasteiger partial charge in [-0.1, -0.05) is 0 Å². The van der Waals surface area contributed by atoms with E-state index in [1.165, 1.54) is 0 Å². The van der Waals surface area contributed by atoms with E-state index in [1.54, 1.807) is 6.92 Å². The summed E-state index contributed by atoms with van der Waals surface area (Å²) in [5.74, 6) is -0.918. The van der Waals surface area contributed by atoms with Gasteiger partial charge in [0.1, 0.15) is 0 Å². The van der Waals surface area contributed by atoms with Crippen LogP contribution < -0.4 is 10.6 Å². The second-order valence-electron chi connectivity index (χ2n) is 5.32. The molecule has 19 heavy (non-hydrogen) atoms. The number of amides is 2. The summed E-state index contributed by atoms with van der Waals surface area (Å²) in [5.41, 5.74) is 0. The third-order valence-electron chi connectivity index (χ3n) is 2.84. The highest BCUT2D eigenvalue weighted by Crippen LogP contribution is 2.03. The summed E-state index contributed by atoms with van der Waals surface area (Å²) >= 11 is 0. The molecule has 2 amide bonds. The Kier molecular flexibility index (Phi) is 8.14. The summed E-state index contributed by atoms with van der Waals surface area (Å²) in [6, 6.07) is 0.164. The maximum atomic E-state index is 11.5. The van der Waals surface area contributed by atoms with Crippen LogP contribution in [0.2, 0.25) is 0 Å². The third kappa shape index (κ3) is 8.42. The van der Waals surface area contributed by atoms with Crippen LogP contribution in [-0.2, 0) is 4.79 Å². The van der Waals surface area contributed by atoms with E-state index in [1.807, 2.05) is 0 Å². The normalized spacial score (nSPS) is 12.8. The Morgan fingerprint density at radius 1 is 1.11 bits per heavy atom. The van der Waals surface area contributed by atoms with Crippen molar-refractivity contribution in [1.29, 1.82) is 0 Å². The Labute approximate surface area is 115 Å². The molecule has 0 aliphatic heterocycles. The molecule has 0 aromatic carbocycles. The SMILES string of the molecule is CC(CC(=O)O)NC(=O)NCCN(C(C)C)C(C)C. The van der Waals surface area contributed by atoms with Gasteiger partial charge in [0.2, 0.25) is 0 Å². The van der Waals surface area contributed by atoms with Crippen molar-refractivity contribution in [3.8, 4) is 0 Å². The van der Waals surface area contributed by atoms with Crippen LogP contribution in [0.15, 0.2) is 0 Å². The van der Waals surface area contributed by atoms with Gasteiger partial charge in [-0.15, -0.1) is 0 Å². The first-order valence-electron chi connectivity index (χ1n) is 6.76. The molecular weight excluding hydrogens is 246 g/mol. The van der Waals surface area contributed by atoms with Crippen molar-refractivity contribution in [2.45, 2.75) is 59.2 Å². The molecule has 0 aliphatic rings. The van der Waals surface area contributed by atoms with E-state index in [2.05, 4.69) is 43.2 Å². The quantitative estimate of drug-likeness (QED) is 0.622. The van der Waals surface area contributed by atoms with E-state index >= 15 is 0 Å². The van der Waals surface area contributed by atoms with Gasteiger partial charge in [-0.05, 0) is 34.6 Å². The second-order valence-corrected chi connectivity index (χ2v) is 5.32. The Morgan fingerprint density at radius 2 is 1.63 bits per heavy atom. The fourth-order valence-electron chi connectivity index (χ4n) is 2.00. The fourth-order valence-corrected chi connectivity index (χ4v) is 2.00. The van der Waals surface area contributed by atoms with Crippen molar-refractivity contribution in [2.75, 3.05) is 13.1 Å².